The van der Waals surface area contributed by atoms with Crippen LogP contribution in [0.2, 0.25) is 0 Å². The minimum Gasteiger partial charge on any atom is -0.310 e. The average molecular weight is 565 g/mol. The maximum atomic E-state index is 5.30. The third-order valence-electron chi connectivity index (χ3n) is 9.34. The molecule has 0 N–H and O–H groups in total. The lowest BCUT2D eigenvalue weighted by Gasteiger charge is -2.19. The Hall–Kier alpha value is -5.29. The Kier molecular flexibility index (Phi) is 5.83. The Balaban J connectivity index is 1.38. The third kappa shape index (κ3) is 3.89. The van der Waals surface area contributed by atoms with Gasteiger partial charge in [0, 0.05) is 27.6 Å². The minimum atomic E-state index is -0.0382. The summed E-state index contributed by atoms with van der Waals surface area (Å²) >= 11 is 0. The molecule has 0 spiro atoms. The fourth-order valence-corrected chi connectivity index (χ4v) is 7.45. The van der Waals surface area contributed by atoms with Gasteiger partial charge in [-0.2, -0.15) is 0 Å². The van der Waals surface area contributed by atoms with Crippen molar-refractivity contribution in [2.24, 2.45) is 0 Å². The summed E-state index contributed by atoms with van der Waals surface area (Å²) in [5, 5.41) is 2.54. The smallest absolute Gasteiger partial charge is 0.289 e. The van der Waals surface area contributed by atoms with Crippen LogP contribution in [0.15, 0.2) is 133 Å². The first-order valence-corrected chi connectivity index (χ1v) is 15.6. The van der Waals surface area contributed by atoms with Crippen LogP contribution in [0.4, 0.5) is 0 Å². The van der Waals surface area contributed by atoms with Crippen LogP contribution in [-0.2, 0) is 0 Å². The van der Waals surface area contributed by atoms with Crippen LogP contribution >= 0.6 is 0 Å². The summed E-state index contributed by atoms with van der Waals surface area (Å²) in [5.74, 6) is 1.44. The van der Waals surface area contributed by atoms with E-state index in [-0.39, 0.29) is 6.71 Å². The van der Waals surface area contributed by atoms with Gasteiger partial charge in [-0.05, 0) is 60.5 Å². The molecule has 0 amide bonds. The average Bonchev–Trinajstić information content (AvgIpc) is 3.62. The number of benzene rings is 5. The number of fused-ring (bicyclic) bond motifs is 6. The molecule has 1 aliphatic carbocycles. The molecule has 5 aromatic carbocycles. The normalized spacial score (nSPS) is 14.3. The fraction of sp³-hybridized carbons (Fsp3) is 0.103. The Labute approximate surface area is 256 Å². The van der Waals surface area contributed by atoms with Crippen LogP contribution in [0.25, 0.3) is 55.8 Å². The van der Waals surface area contributed by atoms with Crippen molar-refractivity contribution in [1.29, 1.82) is 0 Å². The van der Waals surface area contributed by atoms with Gasteiger partial charge in [0.1, 0.15) is 5.72 Å². The standard InChI is InChI=1S/C39H29BN4/c1-4-14-26(15-5-1)37-41-38(27-16-6-2-7-17-27)43-39(42-37)40-33-22-12-10-20-29(33)31-24-25-32-30-21-11-13-23-34(30)44(36(32)35(31)40)28-18-8-3-9-19-28/h1-9,11,13-19,21,23-25H,10,12,20,22H2. The van der Waals surface area contributed by atoms with E-state index >= 15 is 0 Å². The zero-order valence-corrected chi connectivity index (χ0v) is 24.3. The molecule has 208 valence electrons. The maximum absolute atomic E-state index is 5.30. The summed E-state index contributed by atoms with van der Waals surface area (Å²) in [4.78, 5) is 15.6. The van der Waals surface area contributed by atoms with Gasteiger partial charge in [0.15, 0.2) is 11.6 Å². The largest absolute Gasteiger partial charge is 0.310 e. The predicted octanol–water partition coefficient (Wildman–Crippen LogP) is 7.79. The molecule has 0 atom stereocenters. The molecule has 7 aromatic rings. The lowest BCUT2D eigenvalue weighted by Crippen LogP contribution is -2.47. The molecular weight excluding hydrogens is 535 g/mol. The molecule has 4 nitrogen and oxygen atoms in total. The lowest BCUT2D eigenvalue weighted by molar-refractivity contribution is 0.734. The number of allylic oxidation sites excluding steroid dienone is 2. The molecule has 3 heterocycles. The second kappa shape index (κ2) is 10.2. The van der Waals surface area contributed by atoms with Gasteiger partial charge in [0.25, 0.3) is 6.71 Å². The second-order valence-corrected chi connectivity index (χ2v) is 11.8. The molecule has 5 heteroatoms. The quantitative estimate of drug-likeness (QED) is 0.205. The number of nitrogens with zero attached hydrogens (tertiary/aromatic N) is 4. The number of hydrogen-bond acceptors (Lipinski definition) is 3. The van der Waals surface area contributed by atoms with Crippen LogP contribution in [-0.4, -0.2) is 26.2 Å². The van der Waals surface area contributed by atoms with E-state index in [4.69, 9.17) is 15.0 Å². The molecule has 0 fully saturated rings. The lowest BCUT2D eigenvalue weighted by atomic mass is 9.40. The molecule has 0 saturated heterocycles. The zero-order chi connectivity index (χ0) is 29.0. The number of aromatic nitrogens is 4. The number of para-hydroxylation sites is 2. The summed E-state index contributed by atoms with van der Waals surface area (Å²) < 4.78 is 2.46. The zero-order valence-electron chi connectivity index (χ0n) is 24.3. The molecular formula is C39H29BN4. The molecule has 9 rings (SSSR count). The first kappa shape index (κ1) is 25.2. The predicted molar refractivity (Wildman–Crippen MR) is 182 cm³/mol. The second-order valence-electron chi connectivity index (χ2n) is 11.8. The highest BCUT2D eigenvalue weighted by Crippen LogP contribution is 2.41. The fourth-order valence-electron chi connectivity index (χ4n) is 7.45. The topological polar surface area (TPSA) is 43.6 Å². The van der Waals surface area contributed by atoms with E-state index in [0.29, 0.717) is 0 Å². The van der Waals surface area contributed by atoms with Crippen molar-refractivity contribution in [2.75, 3.05) is 0 Å². The van der Waals surface area contributed by atoms with Crippen LogP contribution < -0.4 is 11.2 Å². The van der Waals surface area contributed by atoms with Crippen molar-refractivity contribution in [2.45, 2.75) is 25.7 Å². The molecule has 0 bridgehead atoms. The Morgan fingerprint density at radius 2 is 1.16 bits per heavy atom. The summed E-state index contributed by atoms with van der Waals surface area (Å²) in [6.45, 7) is -0.0382. The summed E-state index contributed by atoms with van der Waals surface area (Å²) in [6, 6.07) is 44.9. The van der Waals surface area contributed by atoms with E-state index in [2.05, 4.69) is 120 Å². The van der Waals surface area contributed by atoms with Crippen molar-refractivity contribution in [3.63, 3.8) is 0 Å². The molecule has 0 unspecified atom stereocenters. The maximum Gasteiger partial charge on any atom is 0.289 e. The highest BCUT2D eigenvalue weighted by Gasteiger charge is 2.41. The van der Waals surface area contributed by atoms with Crippen molar-refractivity contribution >= 4 is 45.3 Å². The van der Waals surface area contributed by atoms with E-state index < -0.39 is 0 Å². The highest BCUT2D eigenvalue weighted by molar-refractivity contribution is 6.94. The summed E-state index contributed by atoms with van der Waals surface area (Å²) in [6.07, 6.45) is 4.57. The summed E-state index contributed by atoms with van der Waals surface area (Å²) in [5.41, 5.74) is 12.2. The molecule has 1 aliphatic heterocycles. The molecule has 0 radical (unpaired) electrons. The molecule has 2 aromatic heterocycles. The van der Waals surface area contributed by atoms with Gasteiger partial charge in [-0.1, -0.05) is 115 Å². The van der Waals surface area contributed by atoms with E-state index in [1.54, 1.807) is 0 Å². The van der Waals surface area contributed by atoms with Gasteiger partial charge in [-0.3, -0.25) is 0 Å². The van der Waals surface area contributed by atoms with Gasteiger partial charge in [0.05, 0.1) is 11.0 Å². The van der Waals surface area contributed by atoms with Crippen LogP contribution in [0.5, 0.6) is 0 Å². The van der Waals surface area contributed by atoms with Crippen molar-refractivity contribution in [1.82, 2.24) is 19.5 Å². The van der Waals surface area contributed by atoms with E-state index in [0.717, 1.165) is 41.3 Å². The van der Waals surface area contributed by atoms with Crippen molar-refractivity contribution < 1.29 is 0 Å². The highest BCUT2D eigenvalue weighted by atomic mass is 15.0. The van der Waals surface area contributed by atoms with Gasteiger partial charge in [-0.15, -0.1) is 0 Å². The summed E-state index contributed by atoms with van der Waals surface area (Å²) in [7, 11) is 0. The molecule has 0 saturated carbocycles. The van der Waals surface area contributed by atoms with Crippen molar-refractivity contribution in [3.05, 3.63) is 138 Å². The Morgan fingerprint density at radius 1 is 0.545 bits per heavy atom. The van der Waals surface area contributed by atoms with Crippen LogP contribution in [0, 0.1) is 0 Å². The SMILES string of the molecule is c1ccc(-c2nc(B3C4=C(CCCC4)c4ccc5c6ccccc6n(-c6ccccc6)c5c43)nc(-c3ccccc3)n2)cc1. The first-order valence-electron chi connectivity index (χ1n) is 15.6. The molecule has 2 aliphatic rings. The third-order valence-corrected chi connectivity index (χ3v) is 9.34. The Bertz CT molecular complexity index is 2160. The van der Waals surface area contributed by atoms with Crippen LogP contribution in [0.3, 0.4) is 0 Å². The van der Waals surface area contributed by atoms with E-state index in [1.165, 1.54) is 62.4 Å². The van der Waals surface area contributed by atoms with Gasteiger partial charge >= 0.3 is 0 Å². The van der Waals surface area contributed by atoms with E-state index in [9.17, 15) is 0 Å². The number of rotatable bonds is 4. The van der Waals surface area contributed by atoms with Gasteiger partial charge < -0.3 is 4.57 Å². The van der Waals surface area contributed by atoms with Gasteiger partial charge in [-0.25, -0.2) is 15.0 Å². The van der Waals surface area contributed by atoms with Crippen molar-refractivity contribution in [3.8, 4) is 28.5 Å². The monoisotopic (exact) mass is 564 g/mol. The Morgan fingerprint density at radius 3 is 1.86 bits per heavy atom. The van der Waals surface area contributed by atoms with Gasteiger partial charge in [0.2, 0.25) is 0 Å². The number of hydrogen-bond donors (Lipinski definition) is 0. The first-order chi connectivity index (χ1) is 21.8. The van der Waals surface area contributed by atoms with E-state index in [1.807, 2.05) is 12.1 Å². The van der Waals surface area contributed by atoms with Crippen LogP contribution in [0.1, 0.15) is 31.2 Å². The minimum absolute atomic E-state index is 0.0382. The molecule has 44 heavy (non-hydrogen) atoms.